The molecule has 1 aromatic rings. The quantitative estimate of drug-likeness (QED) is 0.519. The maximum Gasteiger partial charge on any atom is 0.326 e. The highest BCUT2D eigenvalue weighted by molar-refractivity contribution is 7.89. The number of sulfonamides is 1. The summed E-state index contributed by atoms with van der Waals surface area (Å²) in [5.41, 5.74) is 0.267. The molecule has 1 unspecified atom stereocenters. The van der Waals surface area contributed by atoms with Gasteiger partial charge in [0.05, 0.1) is 4.90 Å². The molecule has 0 aromatic heterocycles. The van der Waals surface area contributed by atoms with E-state index < -0.39 is 27.9 Å². The Labute approximate surface area is 153 Å². The largest absolute Gasteiger partial charge is 0.480 e. The first-order chi connectivity index (χ1) is 12.0. The van der Waals surface area contributed by atoms with Crippen molar-refractivity contribution >= 4 is 27.7 Å². The van der Waals surface area contributed by atoms with Gasteiger partial charge in [0, 0.05) is 18.5 Å². The van der Waals surface area contributed by atoms with Gasteiger partial charge in [-0.3, -0.25) is 9.59 Å². The summed E-state index contributed by atoms with van der Waals surface area (Å²) in [6, 6.07) is 4.56. The van der Waals surface area contributed by atoms with Gasteiger partial charge in [-0.15, -0.1) is 0 Å². The van der Waals surface area contributed by atoms with E-state index >= 15 is 0 Å². The number of hydrogen-bond donors (Lipinski definition) is 3. The van der Waals surface area contributed by atoms with Crippen LogP contribution < -0.4 is 10.0 Å². The number of carboxylic acid groups (broad SMARTS) is 1. The SMILES string of the molecule is CC(=O)c1cccc(S(=O)(=O)NCCC(=O)NC(CC(C)C)C(=O)O)c1. The molecule has 9 heteroatoms. The molecule has 0 aliphatic rings. The van der Waals surface area contributed by atoms with Crippen molar-refractivity contribution in [2.24, 2.45) is 5.92 Å². The second-order valence-electron chi connectivity index (χ2n) is 6.32. The minimum absolute atomic E-state index is 0.0752. The molecule has 0 saturated carbocycles. The predicted molar refractivity (Wildman–Crippen MR) is 95.3 cm³/mol. The van der Waals surface area contributed by atoms with Gasteiger partial charge in [0.25, 0.3) is 0 Å². The number of benzene rings is 1. The fourth-order valence-corrected chi connectivity index (χ4v) is 3.30. The lowest BCUT2D eigenvalue weighted by Crippen LogP contribution is -2.42. The van der Waals surface area contributed by atoms with Gasteiger partial charge in [-0.05, 0) is 31.4 Å². The van der Waals surface area contributed by atoms with Crippen LogP contribution >= 0.6 is 0 Å². The lowest BCUT2D eigenvalue weighted by atomic mass is 10.0. The van der Waals surface area contributed by atoms with E-state index in [4.69, 9.17) is 5.11 Å². The average Bonchev–Trinajstić information content (AvgIpc) is 2.53. The average molecular weight is 384 g/mol. The highest BCUT2D eigenvalue weighted by atomic mass is 32.2. The van der Waals surface area contributed by atoms with Gasteiger partial charge in [0.2, 0.25) is 15.9 Å². The molecule has 3 N–H and O–H groups in total. The Morgan fingerprint density at radius 1 is 1.19 bits per heavy atom. The molecule has 1 rings (SSSR count). The fraction of sp³-hybridized carbons (Fsp3) is 0.471. The third-order valence-electron chi connectivity index (χ3n) is 3.54. The Kier molecular flexibility index (Phi) is 7.91. The standard InChI is InChI=1S/C17H24N2O6S/c1-11(2)9-15(17(22)23)19-16(21)7-8-18-26(24,25)14-6-4-5-13(10-14)12(3)20/h4-6,10-11,15,18H,7-9H2,1-3H3,(H,19,21)(H,22,23). The monoisotopic (exact) mass is 384 g/mol. The molecular weight excluding hydrogens is 360 g/mol. The third kappa shape index (κ3) is 6.93. The summed E-state index contributed by atoms with van der Waals surface area (Å²) in [6.07, 6.45) is 0.0815. The number of hydrogen-bond acceptors (Lipinski definition) is 5. The van der Waals surface area contributed by atoms with E-state index in [1.165, 1.54) is 31.2 Å². The number of rotatable bonds is 10. The van der Waals surface area contributed by atoms with Crippen molar-refractivity contribution in [2.75, 3.05) is 6.54 Å². The first-order valence-corrected chi connectivity index (χ1v) is 9.64. The van der Waals surface area contributed by atoms with Gasteiger partial charge >= 0.3 is 5.97 Å². The minimum Gasteiger partial charge on any atom is -0.480 e. The van der Waals surface area contributed by atoms with Crippen LogP contribution in [0.5, 0.6) is 0 Å². The molecule has 0 aliphatic carbocycles. The molecule has 1 amide bonds. The van der Waals surface area contributed by atoms with Crippen molar-refractivity contribution in [3.8, 4) is 0 Å². The third-order valence-corrected chi connectivity index (χ3v) is 4.99. The van der Waals surface area contributed by atoms with Gasteiger partial charge < -0.3 is 10.4 Å². The summed E-state index contributed by atoms with van der Waals surface area (Å²) in [4.78, 5) is 34.2. The van der Waals surface area contributed by atoms with E-state index in [2.05, 4.69) is 10.0 Å². The van der Waals surface area contributed by atoms with E-state index in [1.54, 1.807) is 0 Å². The number of ketones is 1. The van der Waals surface area contributed by atoms with Crippen LogP contribution in [-0.4, -0.2) is 43.8 Å². The van der Waals surface area contributed by atoms with Gasteiger partial charge in [-0.1, -0.05) is 26.0 Å². The zero-order valence-electron chi connectivity index (χ0n) is 15.0. The lowest BCUT2D eigenvalue weighted by molar-refractivity contribution is -0.142. The first kappa shape index (κ1) is 21.8. The Morgan fingerprint density at radius 3 is 2.38 bits per heavy atom. The molecular formula is C17H24N2O6S. The normalized spacial score (nSPS) is 12.6. The molecule has 0 fully saturated rings. The van der Waals surface area contributed by atoms with Crippen molar-refractivity contribution in [1.29, 1.82) is 0 Å². The smallest absolute Gasteiger partial charge is 0.326 e. The lowest BCUT2D eigenvalue weighted by Gasteiger charge is -2.16. The number of carboxylic acids is 1. The van der Waals surface area contributed by atoms with Crippen LogP contribution in [0.25, 0.3) is 0 Å². The van der Waals surface area contributed by atoms with Crippen molar-refractivity contribution in [1.82, 2.24) is 10.0 Å². The van der Waals surface area contributed by atoms with Gasteiger partial charge in [0.15, 0.2) is 5.78 Å². The number of Topliss-reactive ketones (excluding diaryl/α,β-unsaturated/α-hetero) is 1. The fourth-order valence-electron chi connectivity index (χ4n) is 2.22. The summed E-state index contributed by atoms with van der Waals surface area (Å²) in [5, 5.41) is 11.5. The molecule has 0 aliphatic heterocycles. The zero-order valence-corrected chi connectivity index (χ0v) is 15.8. The highest BCUT2D eigenvalue weighted by Crippen LogP contribution is 2.12. The molecule has 26 heavy (non-hydrogen) atoms. The molecule has 0 radical (unpaired) electrons. The van der Waals surface area contributed by atoms with Gasteiger partial charge in [-0.25, -0.2) is 17.9 Å². The van der Waals surface area contributed by atoms with Crippen molar-refractivity contribution in [3.05, 3.63) is 29.8 Å². The van der Waals surface area contributed by atoms with Crippen molar-refractivity contribution in [3.63, 3.8) is 0 Å². The Bertz CT molecular complexity index is 773. The van der Waals surface area contributed by atoms with Crippen LogP contribution in [0.4, 0.5) is 0 Å². The topological polar surface area (TPSA) is 130 Å². The molecule has 0 spiro atoms. The second-order valence-corrected chi connectivity index (χ2v) is 8.09. The van der Waals surface area contributed by atoms with Crippen LogP contribution in [0, 0.1) is 5.92 Å². The summed E-state index contributed by atoms with van der Waals surface area (Å²) in [5.74, 6) is -1.86. The van der Waals surface area contributed by atoms with Crippen LogP contribution in [0.2, 0.25) is 0 Å². The van der Waals surface area contributed by atoms with E-state index in [0.29, 0.717) is 0 Å². The van der Waals surface area contributed by atoms with E-state index in [-0.39, 0.29) is 41.5 Å². The van der Waals surface area contributed by atoms with E-state index in [1.807, 2.05) is 13.8 Å². The molecule has 8 nitrogen and oxygen atoms in total. The number of aliphatic carboxylic acids is 1. The Balaban J connectivity index is 2.63. The maximum absolute atomic E-state index is 12.2. The zero-order chi connectivity index (χ0) is 19.9. The van der Waals surface area contributed by atoms with Crippen LogP contribution in [0.3, 0.4) is 0 Å². The summed E-state index contributed by atoms with van der Waals surface area (Å²) < 4.78 is 26.7. The summed E-state index contributed by atoms with van der Waals surface area (Å²) in [6.45, 7) is 4.82. The van der Waals surface area contributed by atoms with Gasteiger partial charge in [-0.2, -0.15) is 0 Å². The molecule has 1 atom stereocenters. The predicted octanol–water partition coefficient (Wildman–Crippen LogP) is 1.17. The number of amides is 1. The van der Waals surface area contributed by atoms with Crippen molar-refractivity contribution < 1.29 is 27.9 Å². The van der Waals surface area contributed by atoms with Crippen LogP contribution in [0.1, 0.15) is 44.0 Å². The summed E-state index contributed by atoms with van der Waals surface area (Å²) >= 11 is 0. The molecule has 0 heterocycles. The molecule has 1 aromatic carbocycles. The Hall–Kier alpha value is -2.26. The first-order valence-electron chi connectivity index (χ1n) is 8.15. The minimum atomic E-state index is -3.87. The number of nitrogens with one attached hydrogen (secondary N) is 2. The van der Waals surface area contributed by atoms with E-state index in [9.17, 15) is 22.8 Å². The van der Waals surface area contributed by atoms with Crippen LogP contribution in [0.15, 0.2) is 29.2 Å². The Morgan fingerprint density at radius 2 is 1.85 bits per heavy atom. The molecule has 0 bridgehead atoms. The summed E-state index contributed by atoms with van der Waals surface area (Å²) in [7, 11) is -3.87. The second kappa shape index (κ2) is 9.44. The highest BCUT2D eigenvalue weighted by Gasteiger charge is 2.21. The van der Waals surface area contributed by atoms with E-state index in [0.717, 1.165) is 0 Å². The van der Waals surface area contributed by atoms with Crippen LogP contribution in [-0.2, 0) is 19.6 Å². The molecule has 0 saturated heterocycles. The van der Waals surface area contributed by atoms with Crippen molar-refractivity contribution in [2.45, 2.75) is 44.6 Å². The van der Waals surface area contributed by atoms with Gasteiger partial charge in [0.1, 0.15) is 6.04 Å². The number of carbonyl (C=O) groups is 3. The number of carbonyl (C=O) groups excluding carboxylic acids is 2. The molecule has 144 valence electrons. The maximum atomic E-state index is 12.2.